The summed E-state index contributed by atoms with van der Waals surface area (Å²) in [6.07, 6.45) is 14.1. The van der Waals surface area contributed by atoms with Gasteiger partial charge in [-0.25, -0.2) is 9.59 Å². The van der Waals surface area contributed by atoms with Gasteiger partial charge >= 0.3 is 11.9 Å². The van der Waals surface area contributed by atoms with Crippen LogP contribution in [0.1, 0.15) is 116 Å². The third kappa shape index (κ3) is 16.0. The van der Waals surface area contributed by atoms with E-state index >= 15 is 0 Å². The van der Waals surface area contributed by atoms with Crippen LogP contribution in [0, 0.1) is 5.92 Å². The minimum atomic E-state index is -2.76. The number of amides is 1. The summed E-state index contributed by atoms with van der Waals surface area (Å²) < 4.78 is 18.9. The van der Waals surface area contributed by atoms with Crippen molar-refractivity contribution in [1.29, 1.82) is 0 Å². The van der Waals surface area contributed by atoms with Gasteiger partial charge in [0.2, 0.25) is 5.91 Å². The highest BCUT2D eigenvalue weighted by atomic mass is 19.1. The van der Waals surface area contributed by atoms with Crippen molar-refractivity contribution in [3.8, 4) is 5.75 Å². The molecule has 1 aromatic rings. The lowest BCUT2D eigenvalue weighted by molar-refractivity contribution is -0.168. The van der Waals surface area contributed by atoms with Crippen molar-refractivity contribution >= 4 is 23.6 Å². The fourth-order valence-corrected chi connectivity index (χ4v) is 4.98. The van der Waals surface area contributed by atoms with Crippen LogP contribution >= 0.6 is 0 Å². The number of carbonyl (C=O) groups is 4. The number of hydrogen-bond acceptors (Lipinski definition) is 6. The van der Waals surface area contributed by atoms with Crippen LogP contribution in [-0.2, 0) is 25.6 Å². The average Bonchev–Trinajstić information content (AvgIpc) is 3.00. The van der Waals surface area contributed by atoms with Gasteiger partial charge in [-0.2, -0.15) is 0 Å². The first-order valence-corrected chi connectivity index (χ1v) is 16.5. The number of benzene rings is 1. The van der Waals surface area contributed by atoms with Crippen molar-refractivity contribution in [2.45, 2.75) is 128 Å². The molecule has 1 aromatic carbocycles. The van der Waals surface area contributed by atoms with E-state index in [9.17, 15) is 38.9 Å². The molecule has 1 rings (SSSR count). The molecule has 0 spiro atoms. The zero-order chi connectivity index (χ0) is 33.5. The maximum Gasteiger partial charge on any atom is 0.336 e. The van der Waals surface area contributed by atoms with Crippen LogP contribution in [0.3, 0.4) is 0 Å². The van der Waals surface area contributed by atoms with Gasteiger partial charge in [0.1, 0.15) is 17.6 Å². The topological polar surface area (TPSA) is 150 Å². The van der Waals surface area contributed by atoms with E-state index in [0.717, 1.165) is 44.9 Å². The minimum Gasteiger partial charge on any atom is -0.494 e. The van der Waals surface area contributed by atoms with Gasteiger partial charge in [0.15, 0.2) is 5.60 Å². The van der Waals surface area contributed by atoms with Gasteiger partial charge in [-0.15, -0.1) is 0 Å². The summed E-state index contributed by atoms with van der Waals surface area (Å²) in [5, 5.41) is 32.7. The van der Waals surface area contributed by atoms with Crippen LogP contribution in [0.4, 0.5) is 4.39 Å². The number of carboxylic acid groups (broad SMARTS) is 2. The van der Waals surface area contributed by atoms with E-state index < -0.39 is 48.5 Å². The van der Waals surface area contributed by atoms with Crippen LogP contribution in [0.25, 0.3) is 0 Å². The van der Waals surface area contributed by atoms with Gasteiger partial charge in [-0.1, -0.05) is 83.1 Å². The summed E-state index contributed by atoms with van der Waals surface area (Å²) in [6.45, 7) is 3.58. The van der Waals surface area contributed by atoms with Gasteiger partial charge < -0.3 is 25.4 Å². The smallest absolute Gasteiger partial charge is 0.336 e. The average molecular weight is 636 g/mol. The predicted molar refractivity (Wildman–Crippen MR) is 172 cm³/mol. The minimum absolute atomic E-state index is 0.0945. The Balaban J connectivity index is 2.75. The molecule has 254 valence electrons. The molecular weight excluding hydrogens is 581 g/mol. The molecule has 0 heterocycles. The number of Topliss-reactive ketones (excluding diaryl/α,β-unsaturated/α-hetero) is 1. The van der Waals surface area contributed by atoms with Crippen LogP contribution in [0.2, 0.25) is 0 Å². The Morgan fingerprint density at radius 2 is 1.49 bits per heavy atom. The highest BCUT2D eigenvalue weighted by molar-refractivity contribution is 5.92. The fraction of sp³-hybridized carbons (Fsp3) is 0.657. The molecule has 45 heavy (non-hydrogen) atoms. The van der Waals surface area contributed by atoms with E-state index in [1.165, 1.54) is 25.3 Å². The molecule has 4 N–H and O–H groups in total. The van der Waals surface area contributed by atoms with E-state index in [0.29, 0.717) is 43.6 Å². The third-order valence-electron chi connectivity index (χ3n) is 7.85. The fourth-order valence-electron chi connectivity index (χ4n) is 4.98. The van der Waals surface area contributed by atoms with Crippen LogP contribution in [-0.4, -0.2) is 63.9 Å². The van der Waals surface area contributed by atoms with Crippen LogP contribution in [0.5, 0.6) is 5.75 Å². The quantitative estimate of drug-likeness (QED) is 0.0624. The first kappa shape index (κ1) is 39.8. The summed E-state index contributed by atoms with van der Waals surface area (Å²) in [7, 11) is 0. The van der Waals surface area contributed by atoms with Crippen molar-refractivity contribution in [3.05, 3.63) is 42.0 Å². The second-order valence-electron chi connectivity index (χ2n) is 11.7. The summed E-state index contributed by atoms with van der Waals surface area (Å²) in [4.78, 5) is 49.3. The molecule has 0 aromatic heterocycles. The van der Waals surface area contributed by atoms with E-state index in [4.69, 9.17) is 4.74 Å². The van der Waals surface area contributed by atoms with Crippen molar-refractivity contribution in [2.75, 3.05) is 13.3 Å². The number of hydrogen-bond donors (Lipinski definition) is 4. The van der Waals surface area contributed by atoms with Gasteiger partial charge in [-0.3, -0.25) is 14.0 Å². The normalized spacial score (nSPS) is 14.0. The maximum absolute atomic E-state index is 13.3. The molecule has 0 fully saturated rings. The molecule has 0 saturated heterocycles. The number of allylic oxidation sites excluding steroid dienone is 1. The number of aliphatic hydroxyl groups is 1. The Labute approximate surface area is 267 Å². The molecule has 0 saturated carbocycles. The number of carbonyl (C=O) groups excluding carboxylic acids is 2. The summed E-state index contributed by atoms with van der Waals surface area (Å²) in [6, 6.07) is 5.36. The number of rotatable bonds is 27. The number of unbranched alkanes of at least 4 members (excludes halogenated alkanes) is 9. The lowest BCUT2D eigenvalue weighted by atomic mass is 9.83. The van der Waals surface area contributed by atoms with E-state index in [-0.39, 0.29) is 12.2 Å². The highest BCUT2D eigenvalue weighted by Gasteiger charge is 2.47. The van der Waals surface area contributed by atoms with E-state index in [1.807, 2.05) is 6.92 Å². The zero-order valence-electron chi connectivity index (χ0n) is 27.1. The zero-order valence-corrected chi connectivity index (χ0v) is 27.1. The molecule has 0 aliphatic rings. The Kier molecular flexibility index (Phi) is 20.4. The number of halogens is 1. The van der Waals surface area contributed by atoms with Crippen LogP contribution in [0.15, 0.2) is 36.4 Å². The molecule has 0 aliphatic heterocycles. The first-order valence-electron chi connectivity index (χ1n) is 16.5. The lowest BCUT2D eigenvalue weighted by Crippen LogP contribution is -2.54. The molecule has 0 aliphatic carbocycles. The summed E-state index contributed by atoms with van der Waals surface area (Å²) >= 11 is 0. The van der Waals surface area contributed by atoms with Crippen molar-refractivity contribution in [1.82, 2.24) is 5.32 Å². The van der Waals surface area contributed by atoms with Crippen molar-refractivity contribution in [3.63, 3.8) is 0 Å². The number of aliphatic carboxylic acids is 2. The molecule has 0 radical (unpaired) electrons. The molecule has 3 atom stereocenters. The second-order valence-corrected chi connectivity index (χ2v) is 11.7. The van der Waals surface area contributed by atoms with Gasteiger partial charge in [-0.05, 0) is 49.8 Å². The van der Waals surface area contributed by atoms with Crippen molar-refractivity contribution < 1.29 is 43.6 Å². The molecular formula is C35H54FNO8. The van der Waals surface area contributed by atoms with E-state index in [2.05, 4.69) is 12.2 Å². The molecule has 9 nitrogen and oxygen atoms in total. The maximum atomic E-state index is 13.3. The first-order chi connectivity index (χ1) is 21.6. The predicted octanol–water partition coefficient (Wildman–Crippen LogP) is 6.60. The number of ether oxygens (including phenoxy) is 1. The second kappa shape index (κ2) is 23.1. The summed E-state index contributed by atoms with van der Waals surface area (Å²) in [5.74, 6) is -4.93. The molecule has 0 unspecified atom stereocenters. The Hall–Kier alpha value is -3.27. The number of nitrogens with one attached hydrogen (secondary N) is 1. The Morgan fingerprint density at radius 1 is 0.889 bits per heavy atom. The largest absolute Gasteiger partial charge is 0.494 e. The van der Waals surface area contributed by atoms with Gasteiger partial charge in [0.25, 0.3) is 0 Å². The van der Waals surface area contributed by atoms with Crippen LogP contribution < -0.4 is 10.1 Å². The lowest BCUT2D eigenvalue weighted by Gasteiger charge is -2.30. The molecule has 0 bridgehead atoms. The van der Waals surface area contributed by atoms with Gasteiger partial charge in [0, 0.05) is 25.7 Å². The Bertz CT molecular complexity index is 1040. The molecule has 10 heteroatoms. The molecule has 1 amide bonds. The monoisotopic (exact) mass is 635 g/mol. The summed E-state index contributed by atoms with van der Waals surface area (Å²) in [5.41, 5.74) is -2.16. The van der Waals surface area contributed by atoms with E-state index in [1.54, 1.807) is 30.3 Å². The Morgan fingerprint density at radius 3 is 2.04 bits per heavy atom. The number of carboxylic acids is 2. The number of alkyl halides is 1. The standard InChI is InChI=1S/C35H54FNO8/c1-3-5-7-10-13-16-28(38)17-14-11-8-9-12-15-18-30(35(44,23-24-36)34(42)43)32(39)37-31(33(40)41)26-27-19-21-29(22-20-27)45-25-6-4-2/h15,18-22,30-31,44H,3-14,16-17,23-26H2,1-2H3,(H,37,39)(H,40,41)(H,42,43)/t30-,31+,35+/m1/s1. The highest BCUT2D eigenvalue weighted by Crippen LogP contribution is 2.26. The van der Waals surface area contributed by atoms with Gasteiger partial charge in [0.05, 0.1) is 19.2 Å². The SMILES string of the molecule is CCCCCCCC(=O)CCCCCCC=C[C@H](C(=O)N[C@@H](Cc1ccc(OCCCC)cc1)C(=O)O)[C@@](O)(CCF)C(=O)O. The third-order valence-corrected chi connectivity index (χ3v) is 7.85. The van der Waals surface area contributed by atoms with Crippen molar-refractivity contribution in [2.24, 2.45) is 5.92 Å². The number of ketones is 1.